The van der Waals surface area contributed by atoms with Crippen molar-refractivity contribution in [2.45, 2.75) is 70.9 Å². The first kappa shape index (κ1) is 34.6. The SMILES string of the molecule is C=CN(CCCCOC(=O)NCc1ccc(S(=O)(=O)NCc2ccc(C(C)(F)F)cc2)cc1)/C(N=C(C)F)=C(\C)CC. The van der Waals surface area contributed by atoms with Gasteiger partial charge in [0.2, 0.25) is 10.0 Å². The van der Waals surface area contributed by atoms with E-state index in [2.05, 4.69) is 21.6 Å². The van der Waals surface area contributed by atoms with E-state index in [1.807, 2.05) is 13.8 Å². The number of allylic oxidation sites excluding steroid dienone is 1. The van der Waals surface area contributed by atoms with E-state index in [0.717, 1.165) is 18.9 Å². The lowest BCUT2D eigenvalue weighted by Gasteiger charge is -2.22. The zero-order chi connectivity index (χ0) is 31.3. The van der Waals surface area contributed by atoms with Gasteiger partial charge in [0.05, 0.1) is 11.5 Å². The number of unbranched alkanes of at least 4 members (excludes halogenated alkanes) is 1. The van der Waals surface area contributed by atoms with Gasteiger partial charge in [-0.2, -0.15) is 4.39 Å². The molecule has 0 atom stereocenters. The average Bonchev–Trinajstić information content (AvgIpc) is 2.95. The Morgan fingerprint density at radius 2 is 1.64 bits per heavy atom. The van der Waals surface area contributed by atoms with Crippen molar-refractivity contribution in [2.75, 3.05) is 13.2 Å². The molecule has 1 amide bonds. The number of sulfonamides is 1. The maximum atomic E-state index is 13.4. The first-order valence-electron chi connectivity index (χ1n) is 13.5. The zero-order valence-corrected chi connectivity index (χ0v) is 25.2. The summed E-state index contributed by atoms with van der Waals surface area (Å²) in [6, 6.07) is 11.4. The molecule has 230 valence electrons. The number of nitrogens with zero attached hydrogens (tertiary/aromatic N) is 2. The van der Waals surface area contributed by atoms with Crippen LogP contribution in [0.3, 0.4) is 0 Å². The number of hydrogen-bond acceptors (Lipinski definition) is 6. The van der Waals surface area contributed by atoms with Crippen LogP contribution in [0.5, 0.6) is 0 Å². The molecule has 2 aromatic rings. The number of nitrogens with one attached hydrogen (secondary N) is 2. The van der Waals surface area contributed by atoms with Crippen LogP contribution in [0, 0.1) is 0 Å². The number of carbonyl (C=O) groups is 1. The van der Waals surface area contributed by atoms with Gasteiger partial charge in [0.15, 0.2) is 5.97 Å². The minimum absolute atomic E-state index is 0.0265. The third-order valence-corrected chi connectivity index (χ3v) is 7.71. The van der Waals surface area contributed by atoms with Crippen molar-refractivity contribution >= 4 is 22.1 Å². The third kappa shape index (κ3) is 11.3. The Bertz CT molecular complexity index is 1350. The van der Waals surface area contributed by atoms with Crippen LogP contribution in [0.2, 0.25) is 0 Å². The van der Waals surface area contributed by atoms with Gasteiger partial charge >= 0.3 is 6.09 Å². The molecule has 0 spiro atoms. The fourth-order valence-electron chi connectivity index (χ4n) is 3.73. The van der Waals surface area contributed by atoms with E-state index in [1.54, 1.807) is 23.2 Å². The summed E-state index contributed by atoms with van der Waals surface area (Å²) in [6.45, 7) is 10.5. The number of alkyl carbamates (subject to hydrolysis) is 1. The molecule has 0 fully saturated rings. The van der Waals surface area contributed by atoms with Gasteiger partial charge in [0.1, 0.15) is 5.82 Å². The number of benzene rings is 2. The van der Waals surface area contributed by atoms with Crippen molar-refractivity contribution < 1.29 is 31.1 Å². The molecular formula is C30H39F3N4O4S. The Balaban J connectivity index is 1.77. The third-order valence-electron chi connectivity index (χ3n) is 6.29. The minimum atomic E-state index is -3.84. The molecule has 2 N–H and O–H groups in total. The fraction of sp³-hybridized carbons (Fsp3) is 0.400. The highest BCUT2D eigenvalue weighted by Gasteiger charge is 2.23. The molecule has 0 unspecified atom stereocenters. The smallest absolute Gasteiger partial charge is 0.407 e. The van der Waals surface area contributed by atoms with Crippen molar-refractivity contribution in [3.05, 3.63) is 89.4 Å². The van der Waals surface area contributed by atoms with Crippen molar-refractivity contribution in [3.63, 3.8) is 0 Å². The van der Waals surface area contributed by atoms with Crippen LogP contribution in [0.4, 0.5) is 18.0 Å². The van der Waals surface area contributed by atoms with Gasteiger partial charge < -0.3 is 15.0 Å². The molecule has 0 aliphatic rings. The highest BCUT2D eigenvalue weighted by atomic mass is 32.2. The zero-order valence-electron chi connectivity index (χ0n) is 24.4. The van der Waals surface area contributed by atoms with Gasteiger partial charge in [-0.3, -0.25) is 0 Å². The lowest BCUT2D eigenvalue weighted by molar-refractivity contribution is 0.0174. The van der Waals surface area contributed by atoms with Gasteiger partial charge in [-0.05, 0) is 61.2 Å². The minimum Gasteiger partial charge on any atom is -0.450 e. The van der Waals surface area contributed by atoms with E-state index < -0.39 is 28.0 Å². The lowest BCUT2D eigenvalue weighted by Crippen LogP contribution is -2.25. The summed E-state index contributed by atoms with van der Waals surface area (Å²) in [7, 11) is -3.84. The Morgan fingerprint density at radius 3 is 2.19 bits per heavy atom. The number of aliphatic imine (C=N–C) groups is 1. The fourth-order valence-corrected chi connectivity index (χ4v) is 4.75. The van der Waals surface area contributed by atoms with Crippen molar-refractivity contribution in [3.8, 4) is 0 Å². The van der Waals surface area contributed by atoms with E-state index in [1.165, 1.54) is 43.3 Å². The van der Waals surface area contributed by atoms with Gasteiger partial charge in [0, 0.05) is 39.0 Å². The number of hydrogen-bond donors (Lipinski definition) is 2. The van der Waals surface area contributed by atoms with Gasteiger partial charge in [-0.15, -0.1) is 0 Å². The van der Waals surface area contributed by atoms with Crippen LogP contribution < -0.4 is 10.0 Å². The second-order valence-corrected chi connectivity index (χ2v) is 11.5. The second-order valence-electron chi connectivity index (χ2n) is 9.69. The number of carbonyl (C=O) groups excluding carboxylic acids is 1. The standard InChI is InChI=1S/C30H39F3N4O4S/c1-6-22(3)28(36-23(4)31)37(7-2)18-8-9-19-41-29(38)34-20-24-12-16-27(17-13-24)42(39,40)35-21-25-10-14-26(15-11-25)30(5,32)33/h7,10-17,35H,2,6,8-9,18-21H2,1,3-5H3,(H,34,38)/b28-22+,36-23?. The molecule has 12 heteroatoms. The Labute approximate surface area is 246 Å². The summed E-state index contributed by atoms with van der Waals surface area (Å²) in [4.78, 5) is 17.9. The van der Waals surface area contributed by atoms with Crippen molar-refractivity contribution in [1.29, 1.82) is 0 Å². The highest BCUT2D eigenvalue weighted by molar-refractivity contribution is 7.89. The maximum Gasteiger partial charge on any atom is 0.407 e. The van der Waals surface area contributed by atoms with Crippen LogP contribution in [0.25, 0.3) is 0 Å². The second kappa shape index (κ2) is 16.1. The summed E-state index contributed by atoms with van der Waals surface area (Å²) in [6.07, 6.45) is 2.93. The van der Waals surface area contributed by atoms with E-state index in [0.29, 0.717) is 36.3 Å². The van der Waals surface area contributed by atoms with E-state index in [-0.39, 0.29) is 30.2 Å². The van der Waals surface area contributed by atoms with Crippen LogP contribution in [-0.4, -0.2) is 38.5 Å². The van der Waals surface area contributed by atoms with Crippen LogP contribution in [-0.2, 0) is 33.8 Å². The Kier molecular flexibility index (Phi) is 13.3. The molecule has 0 saturated carbocycles. The topological polar surface area (TPSA) is 100 Å². The molecule has 0 heterocycles. The first-order valence-corrected chi connectivity index (χ1v) is 15.0. The Hall–Kier alpha value is -3.64. The lowest BCUT2D eigenvalue weighted by atomic mass is 10.1. The highest BCUT2D eigenvalue weighted by Crippen LogP contribution is 2.26. The van der Waals surface area contributed by atoms with Crippen LogP contribution >= 0.6 is 0 Å². The maximum absolute atomic E-state index is 13.4. The van der Waals surface area contributed by atoms with Crippen molar-refractivity contribution in [1.82, 2.24) is 14.9 Å². The van der Waals surface area contributed by atoms with Crippen molar-refractivity contribution in [2.24, 2.45) is 4.99 Å². The normalized spacial score (nSPS) is 12.9. The molecule has 0 aromatic heterocycles. The van der Waals surface area contributed by atoms with E-state index in [4.69, 9.17) is 4.74 Å². The molecular weight excluding hydrogens is 569 g/mol. The first-order chi connectivity index (χ1) is 19.8. The monoisotopic (exact) mass is 608 g/mol. The quantitative estimate of drug-likeness (QED) is 0.162. The molecule has 8 nitrogen and oxygen atoms in total. The summed E-state index contributed by atoms with van der Waals surface area (Å²) >= 11 is 0. The average molecular weight is 609 g/mol. The predicted molar refractivity (Wildman–Crippen MR) is 158 cm³/mol. The summed E-state index contributed by atoms with van der Waals surface area (Å²) in [5.74, 6) is -2.98. The summed E-state index contributed by atoms with van der Waals surface area (Å²) in [5, 5.41) is 2.62. The Morgan fingerprint density at radius 1 is 1.05 bits per heavy atom. The van der Waals surface area contributed by atoms with Crippen LogP contribution in [0.15, 0.2) is 82.6 Å². The summed E-state index contributed by atoms with van der Waals surface area (Å²) in [5.41, 5.74) is 1.98. The molecule has 2 rings (SSSR count). The van der Waals surface area contributed by atoms with Crippen LogP contribution in [0.1, 0.15) is 63.6 Å². The molecule has 0 aliphatic heterocycles. The number of amides is 1. The molecule has 0 bridgehead atoms. The van der Waals surface area contributed by atoms with E-state index in [9.17, 15) is 26.4 Å². The number of rotatable bonds is 16. The van der Waals surface area contributed by atoms with Gasteiger partial charge in [-0.1, -0.05) is 49.9 Å². The molecule has 0 radical (unpaired) electrons. The molecule has 42 heavy (non-hydrogen) atoms. The summed E-state index contributed by atoms with van der Waals surface area (Å²) < 4.78 is 73.0. The van der Waals surface area contributed by atoms with E-state index >= 15 is 0 Å². The van der Waals surface area contributed by atoms with Gasteiger partial charge in [0.25, 0.3) is 5.92 Å². The number of halogens is 3. The molecule has 2 aromatic carbocycles. The number of alkyl halides is 2. The molecule has 0 aliphatic carbocycles. The number of ether oxygens (including phenoxy) is 1. The predicted octanol–water partition coefficient (Wildman–Crippen LogP) is 6.76. The molecule has 0 saturated heterocycles. The largest absolute Gasteiger partial charge is 0.450 e. The van der Waals surface area contributed by atoms with Gasteiger partial charge in [-0.25, -0.2) is 31.7 Å².